The van der Waals surface area contributed by atoms with Crippen molar-refractivity contribution in [3.63, 3.8) is 0 Å². The SMILES string of the molecule is NC(=O)CC[C@H](NC(=O)[C@H](CS)NC(=O)[C@@H]1CCCN1)C(=O)O. The van der Waals surface area contributed by atoms with Crippen LogP contribution in [0.4, 0.5) is 0 Å². The molecule has 1 rings (SSSR count). The van der Waals surface area contributed by atoms with Crippen LogP contribution in [-0.4, -0.2) is 59.2 Å². The van der Waals surface area contributed by atoms with E-state index in [0.29, 0.717) is 6.42 Å². The summed E-state index contributed by atoms with van der Waals surface area (Å²) in [6.07, 6.45) is 1.28. The van der Waals surface area contributed by atoms with Gasteiger partial charge in [0.2, 0.25) is 17.7 Å². The van der Waals surface area contributed by atoms with Crippen LogP contribution in [0.2, 0.25) is 0 Å². The number of rotatable bonds is 9. The molecule has 0 unspecified atom stereocenters. The van der Waals surface area contributed by atoms with E-state index < -0.39 is 29.9 Å². The lowest BCUT2D eigenvalue weighted by Crippen LogP contribution is -2.55. The van der Waals surface area contributed by atoms with Crippen LogP contribution < -0.4 is 21.7 Å². The van der Waals surface area contributed by atoms with Gasteiger partial charge < -0.3 is 26.8 Å². The first-order valence-corrected chi connectivity index (χ1v) is 7.94. The van der Waals surface area contributed by atoms with E-state index in [4.69, 9.17) is 10.8 Å². The molecule has 1 fully saturated rings. The lowest BCUT2D eigenvalue weighted by Gasteiger charge is -2.21. The minimum Gasteiger partial charge on any atom is -0.480 e. The molecule has 0 aromatic heterocycles. The fourth-order valence-corrected chi connectivity index (χ4v) is 2.45. The van der Waals surface area contributed by atoms with Crippen molar-refractivity contribution in [3.8, 4) is 0 Å². The number of primary amides is 1. The molecule has 0 aromatic rings. The van der Waals surface area contributed by atoms with Gasteiger partial charge in [-0.15, -0.1) is 0 Å². The highest BCUT2D eigenvalue weighted by Gasteiger charge is 2.29. The van der Waals surface area contributed by atoms with Crippen molar-refractivity contribution < 1.29 is 24.3 Å². The van der Waals surface area contributed by atoms with Crippen LogP contribution in [0.1, 0.15) is 25.7 Å². The van der Waals surface area contributed by atoms with Crippen LogP contribution in [0.25, 0.3) is 0 Å². The third-order valence-corrected chi connectivity index (χ3v) is 3.85. The standard InChI is InChI=1S/C13H22N4O5S/c14-10(18)4-3-8(13(21)22)16-12(20)9(6-23)17-11(19)7-2-1-5-15-7/h7-9,15,23H,1-6H2,(H2,14,18)(H,16,20)(H,17,19)(H,21,22)/t7-,8-,9-/m0/s1. The topological polar surface area (TPSA) is 151 Å². The zero-order valence-electron chi connectivity index (χ0n) is 12.6. The lowest BCUT2D eigenvalue weighted by molar-refractivity contribution is -0.142. The third kappa shape index (κ3) is 6.45. The molecule has 0 aromatic carbocycles. The van der Waals surface area contributed by atoms with Crippen LogP contribution in [0.5, 0.6) is 0 Å². The number of nitrogens with two attached hydrogens (primary N) is 1. The quantitative estimate of drug-likeness (QED) is 0.265. The van der Waals surface area contributed by atoms with E-state index in [1.807, 2.05) is 0 Å². The molecule has 1 heterocycles. The molecule has 0 aliphatic carbocycles. The number of carbonyl (C=O) groups excluding carboxylic acids is 3. The van der Waals surface area contributed by atoms with Crippen LogP contribution in [0, 0.1) is 0 Å². The smallest absolute Gasteiger partial charge is 0.326 e. The van der Waals surface area contributed by atoms with Crippen molar-refractivity contribution in [2.45, 2.75) is 43.8 Å². The molecule has 130 valence electrons. The monoisotopic (exact) mass is 346 g/mol. The Morgan fingerprint density at radius 2 is 1.96 bits per heavy atom. The van der Waals surface area contributed by atoms with Crippen molar-refractivity contribution in [1.82, 2.24) is 16.0 Å². The molecule has 10 heteroatoms. The Hall–Kier alpha value is -1.81. The molecular weight excluding hydrogens is 324 g/mol. The predicted octanol–water partition coefficient (Wildman–Crippen LogP) is -2.01. The van der Waals surface area contributed by atoms with Gasteiger partial charge in [0.05, 0.1) is 6.04 Å². The maximum atomic E-state index is 12.1. The van der Waals surface area contributed by atoms with Crippen molar-refractivity contribution in [3.05, 3.63) is 0 Å². The fourth-order valence-electron chi connectivity index (χ4n) is 2.19. The van der Waals surface area contributed by atoms with Gasteiger partial charge in [-0.05, 0) is 25.8 Å². The van der Waals surface area contributed by atoms with E-state index in [1.54, 1.807) is 0 Å². The van der Waals surface area contributed by atoms with Crippen molar-refractivity contribution in [2.24, 2.45) is 5.73 Å². The average Bonchev–Trinajstić information content (AvgIpc) is 3.02. The van der Waals surface area contributed by atoms with Gasteiger partial charge >= 0.3 is 5.97 Å². The molecule has 1 aliphatic rings. The first-order chi connectivity index (χ1) is 10.8. The molecule has 3 amide bonds. The summed E-state index contributed by atoms with van der Waals surface area (Å²) in [5.74, 6) is -2.89. The van der Waals surface area contributed by atoms with E-state index in [1.165, 1.54) is 0 Å². The zero-order chi connectivity index (χ0) is 17.4. The van der Waals surface area contributed by atoms with Gasteiger partial charge in [-0.1, -0.05) is 0 Å². The largest absolute Gasteiger partial charge is 0.480 e. The van der Waals surface area contributed by atoms with Gasteiger partial charge in [0.15, 0.2) is 0 Å². The van der Waals surface area contributed by atoms with E-state index in [2.05, 4.69) is 28.6 Å². The Morgan fingerprint density at radius 3 is 2.43 bits per heavy atom. The van der Waals surface area contributed by atoms with Crippen LogP contribution >= 0.6 is 12.6 Å². The van der Waals surface area contributed by atoms with Crippen LogP contribution in [0.3, 0.4) is 0 Å². The third-order valence-electron chi connectivity index (χ3n) is 3.49. The number of nitrogens with one attached hydrogen (secondary N) is 3. The Bertz CT molecular complexity index is 467. The average molecular weight is 346 g/mol. The number of thiol groups is 1. The maximum absolute atomic E-state index is 12.1. The van der Waals surface area contributed by atoms with Crippen LogP contribution in [-0.2, 0) is 19.2 Å². The summed E-state index contributed by atoms with van der Waals surface area (Å²) < 4.78 is 0. The molecule has 6 N–H and O–H groups in total. The number of carboxylic acids is 1. The molecule has 9 nitrogen and oxygen atoms in total. The normalized spacial score (nSPS) is 19.6. The van der Waals surface area contributed by atoms with Gasteiger partial charge in [-0.3, -0.25) is 14.4 Å². The van der Waals surface area contributed by atoms with Gasteiger partial charge in [0.1, 0.15) is 12.1 Å². The Labute approximate surface area is 139 Å². The number of carbonyl (C=O) groups is 4. The summed E-state index contributed by atoms with van der Waals surface area (Å²) in [6.45, 7) is 0.740. The molecular formula is C13H22N4O5S. The van der Waals surface area contributed by atoms with E-state index in [0.717, 1.165) is 13.0 Å². The van der Waals surface area contributed by atoms with Crippen LogP contribution in [0.15, 0.2) is 0 Å². The summed E-state index contributed by atoms with van der Waals surface area (Å²) in [5, 5.41) is 16.9. The number of amides is 3. The number of aliphatic carboxylic acids is 1. The van der Waals surface area contributed by atoms with E-state index in [-0.39, 0.29) is 30.5 Å². The first-order valence-electron chi connectivity index (χ1n) is 7.31. The lowest BCUT2D eigenvalue weighted by atomic mass is 10.1. The van der Waals surface area contributed by atoms with Crippen molar-refractivity contribution in [1.29, 1.82) is 0 Å². The zero-order valence-corrected chi connectivity index (χ0v) is 13.5. The second-order valence-electron chi connectivity index (χ2n) is 5.30. The van der Waals surface area contributed by atoms with Gasteiger partial charge in [-0.25, -0.2) is 4.79 Å². The molecule has 1 saturated heterocycles. The molecule has 0 bridgehead atoms. The number of carboxylic acid groups (broad SMARTS) is 1. The van der Waals surface area contributed by atoms with Gasteiger partial charge in [0.25, 0.3) is 0 Å². The Balaban J connectivity index is 2.57. The highest BCUT2D eigenvalue weighted by atomic mass is 32.1. The minimum absolute atomic E-state index is 0.0203. The summed E-state index contributed by atoms with van der Waals surface area (Å²) in [5.41, 5.74) is 4.97. The minimum atomic E-state index is -1.28. The molecule has 0 radical (unpaired) electrons. The predicted molar refractivity (Wildman–Crippen MR) is 84.8 cm³/mol. The summed E-state index contributed by atoms with van der Waals surface area (Å²) in [6, 6.07) is -2.56. The highest BCUT2D eigenvalue weighted by Crippen LogP contribution is 2.06. The molecule has 0 saturated carbocycles. The summed E-state index contributed by atoms with van der Waals surface area (Å²) >= 11 is 4.01. The fraction of sp³-hybridized carbons (Fsp3) is 0.692. The Kier molecular flexibility index (Phi) is 7.83. The van der Waals surface area contributed by atoms with E-state index in [9.17, 15) is 19.2 Å². The Morgan fingerprint density at radius 1 is 1.26 bits per heavy atom. The van der Waals surface area contributed by atoms with Crippen molar-refractivity contribution in [2.75, 3.05) is 12.3 Å². The van der Waals surface area contributed by atoms with Crippen molar-refractivity contribution >= 4 is 36.3 Å². The van der Waals surface area contributed by atoms with Gasteiger partial charge in [-0.2, -0.15) is 12.6 Å². The molecule has 1 aliphatic heterocycles. The molecule has 23 heavy (non-hydrogen) atoms. The summed E-state index contributed by atoms with van der Waals surface area (Å²) in [7, 11) is 0. The second-order valence-corrected chi connectivity index (χ2v) is 5.66. The van der Waals surface area contributed by atoms with E-state index >= 15 is 0 Å². The summed E-state index contributed by atoms with van der Waals surface area (Å²) in [4.78, 5) is 45.9. The number of hydrogen-bond donors (Lipinski definition) is 6. The second kappa shape index (κ2) is 9.36. The molecule has 3 atom stereocenters. The first kappa shape index (κ1) is 19.2. The van der Waals surface area contributed by atoms with Gasteiger partial charge in [0, 0.05) is 12.2 Å². The number of hydrogen-bond acceptors (Lipinski definition) is 6. The molecule has 0 spiro atoms. The maximum Gasteiger partial charge on any atom is 0.326 e. The highest BCUT2D eigenvalue weighted by molar-refractivity contribution is 7.80.